The molecule has 1 aromatic heterocycles. The lowest BCUT2D eigenvalue weighted by molar-refractivity contribution is 0.286. The molecule has 0 unspecified atom stereocenters. The van der Waals surface area contributed by atoms with Gasteiger partial charge in [-0.3, -0.25) is 0 Å². The van der Waals surface area contributed by atoms with Gasteiger partial charge < -0.3 is 15.4 Å². The number of rotatable bonds is 5. The molecule has 0 aliphatic carbocycles. The Kier molecular flexibility index (Phi) is 7.79. The van der Waals surface area contributed by atoms with Crippen molar-refractivity contribution in [3.8, 4) is 5.75 Å². The lowest BCUT2D eigenvalue weighted by atomic mass is 9.96. The summed E-state index contributed by atoms with van der Waals surface area (Å²) in [7, 11) is 1.79. The van der Waals surface area contributed by atoms with Crippen LogP contribution in [0.25, 0.3) is 5.57 Å². The zero-order chi connectivity index (χ0) is 20.7. The number of fused-ring (bicyclic) bond motifs is 1. The molecule has 1 aromatic carbocycles. The summed E-state index contributed by atoms with van der Waals surface area (Å²) in [6.07, 6.45) is 4.65. The second kappa shape index (κ2) is 10.1. The number of aryl methyl sites for hydroxylation is 2. The number of aromatic nitrogens is 2. The fraction of sp³-hybridized carbons (Fsp3) is 0.455. The average Bonchev–Trinajstić information content (AvgIpc) is 2.69. The van der Waals surface area contributed by atoms with Gasteiger partial charge in [-0.2, -0.15) is 4.98 Å². The van der Waals surface area contributed by atoms with Crippen LogP contribution in [-0.2, 0) is 6.42 Å². The molecule has 5 nitrogen and oxygen atoms in total. The smallest absolute Gasteiger partial charge is 0.229 e. The van der Waals surface area contributed by atoms with Crippen LogP contribution in [0, 0.1) is 12.7 Å². The molecule has 0 saturated carbocycles. The second-order valence-electron chi connectivity index (χ2n) is 6.44. The molecule has 1 aliphatic heterocycles. The highest BCUT2D eigenvalue weighted by Crippen LogP contribution is 2.39. The second-order valence-corrected chi connectivity index (χ2v) is 6.44. The fourth-order valence-electron chi connectivity index (χ4n) is 3.21. The molecule has 152 valence electrons. The third kappa shape index (κ3) is 4.80. The topological polar surface area (TPSA) is 59.1 Å². The number of hydrogen-bond donors (Lipinski definition) is 2. The molecule has 2 heterocycles. The summed E-state index contributed by atoms with van der Waals surface area (Å²) in [5.74, 6) is 1.39. The van der Waals surface area contributed by atoms with Crippen LogP contribution in [0.4, 0.5) is 21.8 Å². The summed E-state index contributed by atoms with van der Waals surface area (Å²) < 4.78 is 21.2. The van der Waals surface area contributed by atoms with Gasteiger partial charge in [-0.15, -0.1) is 0 Å². The Morgan fingerprint density at radius 1 is 1.29 bits per heavy atom. The predicted molar refractivity (Wildman–Crippen MR) is 115 cm³/mol. The van der Waals surface area contributed by atoms with E-state index in [4.69, 9.17) is 4.74 Å². The van der Waals surface area contributed by atoms with Crippen LogP contribution in [0.1, 0.15) is 57.4 Å². The highest BCUT2D eigenvalue weighted by molar-refractivity contribution is 5.76. The van der Waals surface area contributed by atoms with E-state index in [-0.39, 0.29) is 5.82 Å². The maximum absolute atomic E-state index is 15.3. The number of ether oxygens (including phenoxy) is 1. The lowest BCUT2D eigenvalue weighted by Crippen LogP contribution is -2.13. The average molecular weight is 387 g/mol. The Morgan fingerprint density at radius 3 is 2.71 bits per heavy atom. The van der Waals surface area contributed by atoms with Gasteiger partial charge in [0, 0.05) is 18.8 Å². The van der Waals surface area contributed by atoms with Gasteiger partial charge in [0.05, 0.1) is 17.9 Å². The standard InChI is InChI=1S/C20H25FN4O.C2H6/c1-5-7-12(2)17-18(21)15(11-14-8-6-9-26-19(14)17)24-20-23-13(3)10-16(22-4)25-20;1-2/h7,10-11H,5-6,8-9H2,1-4H3,(H2,22,23,24,25);1-2H3/b12-7+;. The minimum absolute atomic E-state index is 0.330. The summed E-state index contributed by atoms with van der Waals surface area (Å²) in [5, 5.41) is 6.05. The molecule has 0 bridgehead atoms. The van der Waals surface area contributed by atoms with Crippen LogP contribution in [0.3, 0.4) is 0 Å². The first-order chi connectivity index (χ1) is 13.5. The zero-order valence-corrected chi connectivity index (χ0v) is 17.7. The van der Waals surface area contributed by atoms with Crippen LogP contribution < -0.4 is 15.4 Å². The van der Waals surface area contributed by atoms with Crippen LogP contribution in [0.5, 0.6) is 5.75 Å². The van der Waals surface area contributed by atoms with Gasteiger partial charge in [-0.1, -0.05) is 26.8 Å². The van der Waals surface area contributed by atoms with Crippen molar-refractivity contribution in [2.45, 2.75) is 53.9 Å². The molecule has 3 rings (SSSR count). The SMILES string of the molecule is CC.CC/C=C(\C)c1c(F)c(Nc2nc(C)cc(NC)n2)cc2c1OCCC2. The normalized spacial score (nSPS) is 13.0. The van der Waals surface area contributed by atoms with Crippen molar-refractivity contribution in [2.24, 2.45) is 0 Å². The molecule has 2 N–H and O–H groups in total. The van der Waals surface area contributed by atoms with Crippen molar-refractivity contribution in [1.82, 2.24) is 9.97 Å². The number of nitrogens with one attached hydrogen (secondary N) is 2. The minimum atomic E-state index is -0.330. The number of nitrogens with zero attached hydrogens (tertiary/aromatic N) is 2. The summed E-state index contributed by atoms with van der Waals surface area (Å²) in [6.45, 7) is 10.5. The molecule has 0 atom stereocenters. The highest BCUT2D eigenvalue weighted by atomic mass is 19.1. The van der Waals surface area contributed by atoms with Crippen LogP contribution in [-0.4, -0.2) is 23.6 Å². The van der Waals surface area contributed by atoms with Gasteiger partial charge in [0.15, 0.2) is 5.82 Å². The van der Waals surface area contributed by atoms with E-state index in [1.807, 2.05) is 52.8 Å². The Labute approximate surface area is 167 Å². The molecular weight excluding hydrogens is 355 g/mol. The van der Waals surface area contributed by atoms with Gasteiger partial charge in [-0.25, -0.2) is 9.37 Å². The molecule has 1 aliphatic rings. The van der Waals surface area contributed by atoms with Crippen LogP contribution >= 0.6 is 0 Å². The van der Waals surface area contributed by atoms with Gasteiger partial charge in [0.25, 0.3) is 0 Å². The maximum Gasteiger partial charge on any atom is 0.229 e. The van der Waals surface area contributed by atoms with Crippen LogP contribution in [0.15, 0.2) is 18.2 Å². The van der Waals surface area contributed by atoms with Gasteiger partial charge in [0.1, 0.15) is 11.6 Å². The monoisotopic (exact) mass is 386 g/mol. The molecule has 0 fully saturated rings. The third-order valence-electron chi connectivity index (χ3n) is 4.39. The Morgan fingerprint density at radius 2 is 2.04 bits per heavy atom. The lowest BCUT2D eigenvalue weighted by Gasteiger charge is -2.23. The van der Waals surface area contributed by atoms with E-state index in [1.54, 1.807) is 7.05 Å². The number of anilines is 3. The van der Waals surface area contributed by atoms with Crippen molar-refractivity contribution in [2.75, 3.05) is 24.3 Å². The third-order valence-corrected chi connectivity index (χ3v) is 4.39. The molecule has 28 heavy (non-hydrogen) atoms. The predicted octanol–water partition coefficient (Wildman–Crippen LogP) is 5.87. The van der Waals surface area contributed by atoms with E-state index in [9.17, 15) is 0 Å². The van der Waals surface area contributed by atoms with E-state index >= 15 is 4.39 Å². The quantitative estimate of drug-likeness (QED) is 0.672. The van der Waals surface area contributed by atoms with E-state index in [2.05, 4.69) is 20.6 Å². The van der Waals surface area contributed by atoms with Crippen molar-refractivity contribution < 1.29 is 9.13 Å². The van der Waals surface area contributed by atoms with E-state index in [0.717, 1.165) is 36.1 Å². The van der Waals surface area contributed by atoms with E-state index in [1.165, 1.54) is 0 Å². The van der Waals surface area contributed by atoms with Gasteiger partial charge in [-0.05, 0) is 50.3 Å². The summed E-state index contributed by atoms with van der Waals surface area (Å²) in [5.41, 5.74) is 3.61. The van der Waals surface area contributed by atoms with Gasteiger partial charge in [0.2, 0.25) is 5.95 Å². The first-order valence-corrected chi connectivity index (χ1v) is 9.99. The molecule has 0 spiro atoms. The van der Waals surface area contributed by atoms with E-state index in [0.29, 0.717) is 35.4 Å². The zero-order valence-electron chi connectivity index (χ0n) is 17.7. The van der Waals surface area contributed by atoms with Crippen molar-refractivity contribution >= 4 is 23.0 Å². The number of allylic oxidation sites excluding steroid dienone is 2. The largest absolute Gasteiger partial charge is 0.493 e. The van der Waals surface area contributed by atoms with Crippen molar-refractivity contribution in [3.05, 3.63) is 40.8 Å². The molecule has 2 aromatic rings. The minimum Gasteiger partial charge on any atom is -0.493 e. The molecule has 0 amide bonds. The molecule has 0 radical (unpaired) electrons. The molecular formula is C22H31FN4O. The van der Waals surface area contributed by atoms with Crippen molar-refractivity contribution in [1.29, 1.82) is 0 Å². The fourth-order valence-corrected chi connectivity index (χ4v) is 3.21. The molecule has 6 heteroatoms. The van der Waals surface area contributed by atoms with E-state index < -0.39 is 0 Å². The first-order valence-electron chi connectivity index (χ1n) is 9.99. The summed E-state index contributed by atoms with van der Waals surface area (Å²) in [6, 6.07) is 3.65. The van der Waals surface area contributed by atoms with Gasteiger partial charge >= 0.3 is 0 Å². The first kappa shape index (κ1) is 21.7. The Hall–Kier alpha value is -2.63. The number of hydrogen-bond acceptors (Lipinski definition) is 5. The summed E-state index contributed by atoms with van der Waals surface area (Å²) >= 11 is 0. The Bertz CT molecular complexity index is 849. The maximum atomic E-state index is 15.3. The molecule has 0 saturated heterocycles. The summed E-state index contributed by atoms with van der Waals surface area (Å²) in [4.78, 5) is 8.73. The Balaban J connectivity index is 0.00000136. The highest BCUT2D eigenvalue weighted by Gasteiger charge is 2.23. The number of halogens is 1. The number of benzene rings is 1. The van der Waals surface area contributed by atoms with Crippen molar-refractivity contribution in [3.63, 3.8) is 0 Å². The van der Waals surface area contributed by atoms with Crippen LogP contribution in [0.2, 0.25) is 0 Å².